The first-order valence-corrected chi connectivity index (χ1v) is 9.99. The molecule has 2 aromatic carbocycles. The van der Waals surface area contributed by atoms with Crippen LogP contribution in [-0.4, -0.2) is 39.9 Å². The molecule has 2 amide bonds. The summed E-state index contributed by atoms with van der Waals surface area (Å²) in [5.74, 6) is -2.39. The third kappa shape index (κ3) is 3.28. The zero-order chi connectivity index (χ0) is 20.4. The minimum absolute atomic E-state index is 0.117. The van der Waals surface area contributed by atoms with Crippen LogP contribution < -0.4 is 5.32 Å². The number of carboxylic acids is 1. The molecule has 2 aliphatic rings. The molecule has 2 aromatic rings. The van der Waals surface area contributed by atoms with Gasteiger partial charge in [0, 0.05) is 12.1 Å². The van der Waals surface area contributed by atoms with E-state index in [9.17, 15) is 19.5 Å². The lowest BCUT2D eigenvalue weighted by Crippen LogP contribution is -2.57. The molecule has 0 unspecified atom stereocenters. The zero-order valence-corrected chi connectivity index (χ0v) is 16.1. The summed E-state index contributed by atoms with van der Waals surface area (Å²) in [4.78, 5) is 40.7. The van der Waals surface area contributed by atoms with Crippen LogP contribution in [0.1, 0.15) is 47.6 Å². The highest BCUT2D eigenvalue weighted by atomic mass is 16.4. The van der Waals surface area contributed by atoms with E-state index in [1.807, 2.05) is 36.4 Å². The topological polar surface area (TPSA) is 86.7 Å². The molecule has 2 fully saturated rings. The van der Waals surface area contributed by atoms with E-state index in [2.05, 4.69) is 5.32 Å². The van der Waals surface area contributed by atoms with Crippen LogP contribution in [-0.2, 0) is 9.59 Å². The van der Waals surface area contributed by atoms with Crippen molar-refractivity contribution < 1.29 is 19.5 Å². The maximum atomic E-state index is 13.7. The standard InChI is InChI=1S/C23H24N2O4/c26-20(17-11-5-2-6-12-17)25-19(16-9-3-1-4-10-16)18(21(27)28)15-23(25)13-7-8-14-24-22(23)29/h1-6,9-12,18-19H,7-8,13-15H2,(H,24,29)(H,27,28)/t18-,19-,23-/m0/s1. The molecule has 0 aromatic heterocycles. The fourth-order valence-corrected chi connectivity index (χ4v) is 4.76. The number of hydrogen-bond donors (Lipinski definition) is 2. The van der Waals surface area contributed by atoms with Gasteiger partial charge in [-0.05, 0) is 43.4 Å². The van der Waals surface area contributed by atoms with Crippen molar-refractivity contribution in [3.63, 3.8) is 0 Å². The van der Waals surface area contributed by atoms with Crippen molar-refractivity contribution in [2.24, 2.45) is 5.92 Å². The number of amides is 2. The number of benzene rings is 2. The van der Waals surface area contributed by atoms with Crippen LogP contribution >= 0.6 is 0 Å². The highest BCUT2D eigenvalue weighted by Crippen LogP contribution is 2.50. The van der Waals surface area contributed by atoms with Gasteiger partial charge in [-0.1, -0.05) is 48.5 Å². The molecule has 6 heteroatoms. The van der Waals surface area contributed by atoms with Crippen LogP contribution in [0.4, 0.5) is 0 Å². The Morgan fingerprint density at radius 1 is 1.00 bits per heavy atom. The average Bonchev–Trinajstić information content (AvgIpc) is 3.00. The largest absolute Gasteiger partial charge is 0.481 e. The number of hydrogen-bond acceptors (Lipinski definition) is 3. The molecule has 6 nitrogen and oxygen atoms in total. The van der Waals surface area contributed by atoms with E-state index in [0.717, 1.165) is 18.4 Å². The van der Waals surface area contributed by atoms with Gasteiger partial charge < -0.3 is 15.3 Å². The quantitative estimate of drug-likeness (QED) is 0.841. The monoisotopic (exact) mass is 392 g/mol. The van der Waals surface area contributed by atoms with Crippen molar-refractivity contribution in [3.8, 4) is 0 Å². The number of aliphatic carboxylic acids is 1. The maximum absolute atomic E-state index is 13.7. The number of carboxylic acid groups (broad SMARTS) is 1. The van der Waals surface area contributed by atoms with Crippen molar-refractivity contribution in [1.29, 1.82) is 0 Å². The fraction of sp³-hybridized carbons (Fsp3) is 0.348. The normalized spacial score (nSPS) is 26.8. The summed E-state index contributed by atoms with van der Waals surface area (Å²) >= 11 is 0. The van der Waals surface area contributed by atoms with Crippen molar-refractivity contribution in [2.75, 3.05) is 6.54 Å². The summed E-state index contributed by atoms with van der Waals surface area (Å²) in [7, 11) is 0. The minimum atomic E-state index is -1.16. The summed E-state index contributed by atoms with van der Waals surface area (Å²) < 4.78 is 0. The Balaban J connectivity index is 1.89. The fourth-order valence-electron chi connectivity index (χ4n) is 4.76. The van der Waals surface area contributed by atoms with Gasteiger partial charge in [0.05, 0.1) is 12.0 Å². The van der Waals surface area contributed by atoms with Gasteiger partial charge in [-0.2, -0.15) is 0 Å². The van der Waals surface area contributed by atoms with Crippen molar-refractivity contribution in [3.05, 3.63) is 71.8 Å². The predicted molar refractivity (Wildman–Crippen MR) is 107 cm³/mol. The molecular weight excluding hydrogens is 368 g/mol. The van der Waals surface area contributed by atoms with Gasteiger partial charge in [0.25, 0.3) is 5.91 Å². The molecule has 3 atom stereocenters. The van der Waals surface area contributed by atoms with Gasteiger partial charge in [-0.15, -0.1) is 0 Å². The van der Waals surface area contributed by atoms with Gasteiger partial charge in [0.2, 0.25) is 5.91 Å². The lowest BCUT2D eigenvalue weighted by atomic mass is 9.85. The third-order valence-electron chi connectivity index (χ3n) is 6.10. The number of nitrogens with one attached hydrogen (secondary N) is 1. The Morgan fingerprint density at radius 3 is 2.31 bits per heavy atom. The van der Waals surface area contributed by atoms with E-state index in [1.54, 1.807) is 29.2 Å². The van der Waals surface area contributed by atoms with E-state index in [1.165, 1.54) is 0 Å². The smallest absolute Gasteiger partial charge is 0.309 e. The molecule has 150 valence electrons. The Bertz CT molecular complexity index is 915. The maximum Gasteiger partial charge on any atom is 0.309 e. The van der Waals surface area contributed by atoms with E-state index < -0.39 is 23.5 Å². The van der Waals surface area contributed by atoms with Gasteiger partial charge >= 0.3 is 5.97 Å². The van der Waals surface area contributed by atoms with Crippen LogP contribution in [0, 0.1) is 5.92 Å². The van der Waals surface area contributed by atoms with Gasteiger partial charge in [0.1, 0.15) is 5.54 Å². The summed E-state index contributed by atoms with van der Waals surface area (Å²) in [5, 5.41) is 12.9. The van der Waals surface area contributed by atoms with Crippen LogP contribution in [0.2, 0.25) is 0 Å². The lowest BCUT2D eigenvalue weighted by molar-refractivity contribution is -0.142. The molecule has 0 saturated carbocycles. The van der Waals surface area contributed by atoms with Crippen molar-refractivity contribution >= 4 is 17.8 Å². The highest BCUT2D eigenvalue weighted by Gasteiger charge is 2.60. The predicted octanol–water partition coefficient (Wildman–Crippen LogP) is 3.01. The summed E-state index contributed by atoms with van der Waals surface area (Å²) in [6.45, 7) is 0.543. The Labute approximate surface area is 169 Å². The zero-order valence-electron chi connectivity index (χ0n) is 16.1. The van der Waals surface area contributed by atoms with E-state index >= 15 is 0 Å². The second kappa shape index (κ2) is 7.70. The number of rotatable bonds is 3. The first-order chi connectivity index (χ1) is 14.0. The number of likely N-dealkylation sites (tertiary alicyclic amines) is 1. The van der Waals surface area contributed by atoms with Gasteiger partial charge in [0.15, 0.2) is 0 Å². The van der Waals surface area contributed by atoms with Gasteiger partial charge in [-0.25, -0.2) is 0 Å². The minimum Gasteiger partial charge on any atom is -0.481 e. The van der Waals surface area contributed by atoms with Crippen LogP contribution in [0.25, 0.3) is 0 Å². The third-order valence-corrected chi connectivity index (χ3v) is 6.10. The van der Waals surface area contributed by atoms with Crippen molar-refractivity contribution in [2.45, 2.75) is 37.3 Å². The highest BCUT2D eigenvalue weighted by molar-refractivity contribution is 6.01. The van der Waals surface area contributed by atoms with E-state index in [4.69, 9.17) is 0 Å². The Kier molecular flexibility index (Phi) is 5.09. The van der Waals surface area contributed by atoms with Crippen LogP contribution in [0.5, 0.6) is 0 Å². The molecule has 2 saturated heterocycles. The van der Waals surface area contributed by atoms with E-state index in [-0.39, 0.29) is 18.2 Å². The Hall–Kier alpha value is -3.15. The molecule has 29 heavy (non-hydrogen) atoms. The van der Waals surface area contributed by atoms with Crippen molar-refractivity contribution in [1.82, 2.24) is 10.2 Å². The van der Waals surface area contributed by atoms with Crippen LogP contribution in [0.3, 0.4) is 0 Å². The first kappa shape index (κ1) is 19.2. The summed E-state index contributed by atoms with van der Waals surface area (Å²) in [6.07, 6.45) is 2.15. The molecule has 2 heterocycles. The molecule has 0 bridgehead atoms. The molecule has 2 aliphatic heterocycles. The lowest BCUT2D eigenvalue weighted by Gasteiger charge is -2.39. The first-order valence-electron chi connectivity index (χ1n) is 9.99. The number of carbonyl (C=O) groups is 3. The molecule has 2 N–H and O–H groups in total. The SMILES string of the molecule is O=C(O)[C@H]1C[C@]2(CCCCNC2=O)N(C(=O)c2ccccc2)[C@H]1c1ccccc1. The second-order valence-corrected chi connectivity index (χ2v) is 7.79. The molecule has 0 radical (unpaired) electrons. The van der Waals surface area contributed by atoms with E-state index in [0.29, 0.717) is 18.5 Å². The number of nitrogens with zero attached hydrogens (tertiary/aromatic N) is 1. The average molecular weight is 392 g/mol. The summed E-state index contributed by atoms with van der Waals surface area (Å²) in [6, 6.07) is 17.3. The molecular formula is C23H24N2O4. The van der Waals surface area contributed by atoms with Crippen LogP contribution in [0.15, 0.2) is 60.7 Å². The molecule has 1 spiro atoms. The summed E-state index contributed by atoms with van der Waals surface area (Å²) in [5.41, 5.74) is 0.0292. The Morgan fingerprint density at radius 2 is 1.66 bits per heavy atom. The molecule has 0 aliphatic carbocycles. The number of carbonyl (C=O) groups excluding carboxylic acids is 2. The second-order valence-electron chi connectivity index (χ2n) is 7.79. The molecule has 4 rings (SSSR count). The van der Waals surface area contributed by atoms with Gasteiger partial charge in [-0.3, -0.25) is 14.4 Å².